The van der Waals surface area contributed by atoms with E-state index in [4.69, 9.17) is 11.3 Å². The number of rotatable bonds is 3. The summed E-state index contributed by atoms with van der Waals surface area (Å²) in [5, 5.41) is 1.05. The summed E-state index contributed by atoms with van der Waals surface area (Å²) in [6.45, 7) is 10.6. The number of hydrogen-bond donors (Lipinski definition) is 1. The minimum atomic E-state index is -0.566. The average molecular weight is 396 g/mol. The highest BCUT2D eigenvalue weighted by molar-refractivity contribution is 7.14. The first-order valence-electron chi connectivity index (χ1n) is 8.68. The van der Waals surface area contributed by atoms with Gasteiger partial charge in [-0.25, -0.2) is 14.2 Å². The summed E-state index contributed by atoms with van der Waals surface area (Å²) >= 11 is 1.55. The number of nitrogens with one attached hydrogen (secondary N) is 1. The number of aromatic amines is 1. The molecule has 6 nitrogen and oxygen atoms in total. The molecule has 1 aromatic carbocycles. The summed E-state index contributed by atoms with van der Waals surface area (Å²) in [7, 11) is 1.39. The number of hydrogen-bond acceptors (Lipinski definition) is 5. The number of aryl methyl sites for hydroxylation is 1. The first-order chi connectivity index (χ1) is 13.5. The monoisotopic (exact) mass is 396 g/mol. The Balaban J connectivity index is 1.90. The predicted octanol–water partition coefficient (Wildman–Crippen LogP) is 4.07. The Morgan fingerprint density at radius 2 is 2.25 bits per heavy atom. The van der Waals surface area contributed by atoms with Crippen LogP contribution in [0, 0.1) is 19.3 Å². The minimum absolute atomic E-state index is 0.0835. The van der Waals surface area contributed by atoms with Gasteiger partial charge < -0.3 is 14.6 Å². The molecule has 1 N–H and O–H groups in total. The summed E-state index contributed by atoms with van der Waals surface area (Å²) in [4.78, 5) is 25.3. The number of pyridine rings is 1. The first-order valence-corrected chi connectivity index (χ1v) is 9.56. The lowest BCUT2D eigenvalue weighted by Crippen LogP contribution is -2.33. The van der Waals surface area contributed by atoms with Gasteiger partial charge in [0.15, 0.2) is 11.6 Å². The maximum absolute atomic E-state index is 15.0. The van der Waals surface area contributed by atoms with E-state index in [0.29, 0.717) is 30.8 Å². The fourth-order valence-electron chi connectivity index (χ4n) is 3.64. The number of thiazole rings is 1. The average Bonchev–Trinajstić information content (AvgIpc) is 3.13. The van der Waals surface area contributed by atoms with Crippen molar-refractivity contribution >= 4 is 22.0 Å². The van der Waals surface area contributed by atoms with E-state index in [9.17, 15) is 9.18 Å². The summed E-state index contributed by atoms with van der Waals surface area (Å²) in [6, 6.07) is 4.76. The molecule has 0 spiro atoms. The summed E-state index contributed by atoms with van der Waals surface area (Å²) in [6.07, 6.45) is 0.581. The van der Waals surface area contributed by atoms with E-state index in [1.165, 1.54) is 13.2 Å². The van der Waals surface area contributed by atoms with Crippen molar-refractivity contribution in [2.24, 2.45) is 0 Å². The normalized spacial score (nSPS) is 13.1. The molecule has 142 valence electrons. The van der Waals surface area contributed by atoms with Gasteiger partial charge >= 0.3 is 0 Å². The third-order valence-corrected chi connectivity index (χ3v) is 5.92. The Morgan fingerprint density at radius 1 is 1.43 bits per heavy atom. The van der Waals surface area contributed by atoms with Crippen LogP contribution in [-0.4, -0.2) is 23.6 Å². The van der Waals surface area contributed by atoms with Crippen molar-refractivity contribution in [1.29, 1.82) is 0 Å². The van der Waals surface area contributed by atoms with Crippen molar-refractivity contribution in [3.05, 3.63) is 68.2 Å². The molecule has 0 unspecified atom stereocenters. The van der Waals surface area contributed by atoms with Crippen LogP contribution in [0.1, 0.15) is 17.0 Å². The number of ether oxygens (including phenoxy) is 1. The molecule has 0 amide bonds. The molecule has 3 heterocycles. The van der Waals surface area contributed by atoms with E-state index in [0.717, 1.165) is 16.3 Å². The van der Waals surface area contributed by atoms with E-state index in [2.05, 4.69) is 19.7 Å². The van der Waals surface area contributed by atoms with Crippen molar-refractivity contribution in [3.63, 3.8) is 0 Å². The Kier molecular flexibility index (Phi) is 4.61. The molecule has 0 fully saturated rings. The van der Waals surface area contributed by atoms with Crippen molar-refractivity contribution in [2.75, 3.05) is 18.6 Å². The van der Waals surface area contributed by atoms with E-state index in [1.807, 2.05) is 6.92 Å². The fourth-order valence-corrected chi connectivity index (χ4v) is 4.48. The van der Waals surface area contributed by atoms with Gasteiger partial charge in [-0.15, -0.1) is 11.3 Å². The highest BCUT2D eigenvalue weighted by Gasteiger charge is 2.27. The van der Waals surface area contributed by atoms with Crippen LogP contribution in [0.25, 0.3) is 16.0 Å². The largest absolute Gasteiger partial charge is 0.494 e. The number of nitrogens with zero attached hydrogens (tertiary/aromatic N) is 3. The lowest BCUT2D eigenvalue weighted by atomic mass is 9.92. The number of halogens is 1. The Labute approximate surface area is 165 Å². The molecule has 28 heavy (non-hydrogen) atoms. The van der Waals surface area contributed by atoms with Gasteiger partial charge in [0.25, 0.3) is 11.2 Å². The van der Waals surface area contributed by atoms with Crippen LogP contribution < -0.4 is 15.2 Å². The maximum atomic E-state index is 15.0. The molecule has 0 atom stereocenters. The summed E-state index contributed by atoms with van der Waals surface area (Å²) in [5.74, 6) is -0.483. The summed E-state index contributed by atoms with van der Waals surface area (Å²) < 4.78 is 20.1. The minimum Gasteiger partial charge on any atom is -0.494 e. The van der Waals surface area contributed by atoms with Gasteiger partial charge in [-0.1, -0.05) is 12.1 Å². The van der Waals surface area contributed by atoms with Gasteiger partial charge in [0.05, 0.1) is 31.4 Å². The highest BCUT2D eigenvalue weighted by Crippen LogP contribution is 2.39. The molecule has 0 bridgehead atoms. The quantitative estimate of drug-likeness (QED) is 0.678. The third-order valence-electron chi connectivity index (χ3n) is 4.93. The van der Waals surface area contributed by atoms with Crippen LogP contribution in [0.3, 0.4) is 0 Å². The van der Waals surface area contributed by atoms with Gasteiger partial charge in [0.2, 0.25) is 0 Å². The smallest absolute Gasteiger partial charge is 0.258 e. The molecule has 2 aromatic heterocycles. The zero-order valence-corrected chi connectivity index (χ0v) is 16.2. The molecular formula is C20H17FN4O2S. The molecule has 0 radical (unpaired) electrons. The Hall–Kier alpha value is -3.18. The van der Waals surface area contributed by atoms with Gasteiger partial charge in [-0.05, 0) is 25.0 Å². The van der Waals surface area contributed by atoms with E-state index >= 15 is 0 Å². The number of fused-ring (bicyclic) bond motifs is 1. The number of aromatic nitrogens is 2. The molecular weight excluding hydrogens is 379 g/mol. The fraction of sp³-hybridized carbons (Fsp3) is 0.250. The van der Waals surface area contributed by atoms with E-state index in [1.54, 1.807) is 29.0 Å². The third kappa shape index (κ3) is 2.84. The van der Waals surface area contributed by atoms with Gasteiger partial charge in [0.1, 0.15) is 5.00 Å². The van der Waals surface area contributed by atoms with Crippen molar-refractivity contribution in [3.8, 4) is 16.9 Å². The zero-order chi connectivity index (χ0) is 19.8. The van der Waals surface area contributed by atoms with Crippen LogP contribution in [0.4, 0.5) is 15.1 Å². The molecule has 4 rings (SSSR count). The first kappa shape index (κ1) is 18.2. The highest BCUT2D eigenvalue weighted by atomic mass is 32.1. The molecule has 0 aliphatic carbocycles. The number of anilines is 1. The second-order valence-corrected chi connectivity index (χ2v) is 7.32. The van der Waals surface area contributed by atoms with Crippen LogP contribution in [0.2, 0.25) is 0 Å². The Bertz CT molecular complexity index is 1160. The lowest BCUT2D eigenvalue weighted by molar-refractivity contribution is 0.387. The topological polar surface area (TPSA) is 62.6 Å². The van der Waals surface area contributed by atoms with Crippen LogP contribution in [0.15, 0.2) is 28.5 Å². The molecule has 0 saturated carbocycles. The summed E-state index contributed by atoms with van der Waals surface area (Å²) in [5.41, 5.74) is 4.22. The number of methoxy groups -OCH3 is 1. The van der Waals surface area contributed by atoms with Crippen LogP contribution in [0.5, 0.6) is 5.75 Å². The zero-order valence-electron chi connectivity index (χ0n) is 15.4. The number of H-pyrrole nitrogens is 1. The van der Waals surface area contributed by atoms with Crippen molar-refractivity contribution in [2.45, 2.75) is 19.9 Å². The van der Waals surface area contributed by atoms with Crippen molar-refractivity contribution < 1.29 is 9.13 Å². The van der Waals surface area contributed by atoms with Gasteiger partial charge in [-0.2, -0.15) is 0 Å². The SMILES string of the molecule is [C-]#[N+]c1c(-c2cccc(OC)c2F)c2c([nH]c1=O)CN(c1scnc1C)CC2. The van der Waals surface area contributed by atoms with Crippen molar-refractivity contribution in [1.82, 2.24) is 9.97 Å². The maximum Gasteiger partial charge on any atom is 0.258 e. The van der Waals surface area contributed by atoms with Gasteiger partial charge in [0, 0.05) is 23.4 Å². The standard InChI is InChI=1S/C20H17FN4O2S/c1-11-20(28-10-23-11)25-8-7-12-14(9-25)24-19(26)18(22-2)16(12)13-5-4-6-15(27-3)17(13)21/h4-6,10H,7-9H2,1,3H3,(H,24,26). The molecule has 8 heteroatoms. The molecule has 3 aromatic rings. The van der Waals surface area contributed by atoms with E-state index in [-0.39, 0.29) is 17.0 Å². The molecule has 1 aliphatic heterocycles. The molecule has 0 saturated heterocycles. The second kappa shape index (κ2) is 7.09. The van der Waals surface area contributed by atoms with Crippen LogP contribution >= 0.6 is 11.3 Å². The van der Waals surface area contributed by atoms with Crippen LogP contribution in [-0.2, 0) is 13.0 Å². The lowest BCUT2D eigenvalue weighted by Gasteiger charge is -2.31. The molecule has 1 aliphatic rings. The van der Waals surface area contributed by atoms with E-state index < -0.39 is 11.4 Å². The second-order valence-electron chi connectivity index (χ2n) is 6.48. The number of benzene rings is 1. The predicted molar refractivity (Wildman–Crippen MR) is 107 cm³/mol. The van der Waals surface area contributed by atoms with Gasteiger partial charge in [-0.3, -0.25) is 4.79 Å². The Morgan fingerprint density at radius 3 is 2.93 bits per heavy atom.